The standard InChI is InChI=1S/C9H15N2O15P3/c12-5-4(2-21-27(17)24-25-29(19,20)26-28(18)23-16)22-7(6(5)13)3-1-10-9(15)11-8(3)14/h1,4-7,12-13,16,27-28H,2H2,(H,19,20)(H2,10,11,14,15). The number of rotatable bonds is 10. The molecular weight excluding hydrogens is 469 g/mol. The lowest BCUT2D eigenvalue weighted by Crippen LogP contribution is -2.34. The average molecular weight is 484 g/mol. The summed E-state index contributed by atoms with van der Waals surface area (Å²) in [5, 5.41) is 27.9. The lowest BCUT2D eigenvalue weighted by Gasteiger charge is -2.14. The van der Waals surface area contributed by atoms with E-state index in [0.717, 1.165) is 6.20 Å². The highest BCUT2D eigenvalue weighted by molar-refractivity contribution is 7.56. The van der Waals surface area contributed by atoms with Crippen LogP contribution in [-0.4, -0.2) is 55.3 Å². The van der Waals surface area contributed by atoms with Crippen LogP contribution in [0.5, 0.6) is 0 Å². The SMILES string of the molecule is O=c1[nH]cc(C2OC(CO[PH](=O)OOP(=O)(O)O[PH](=O)OO)C(O)C2O)c(=O)[nH]1. The van der Waals surface area contributed by atoms with Crippen LogP contribution in [-0.2, 0) is 41.3 Å². The quantitative estimate of drug-likeness (QED) is 0.126. The number of aromatic amines is 2. The van der Waals surface area contributed by atoms with Crippen molar-refractivity contribution in [1.82, 2.24) is 9.97 Å². The summed E-state index contributed by atoms with van der Waals surface area (Å²) >= 11 is 0. The van der Waals surface area contributed by atoms with Gasteiger partial charge in [-0.2, -0.15) is 4.67 Å². The van der Waals surface area contributed by atoms with Gasteiger partial charge in [0.15, 0.2) is 0 Å². The smallest absolute Gasteiger partial charge is 0.387 e. The van der Waals surface area contributed by atoms with Crippen LogP contribution in [0, 0.1) is 0 Å². The van der Waals surface area contributed by atoms with E-state index in [-0.39, 0.29) is 5.56 Å². The number of ether oxygens (including phenoxy) is 1. The average Bonchev–Trinajstić information content (AvgIpc) is 2.92. The van der Waals surface area contributed by atoms with Crippen LogP contribution in [0.3, 0.4) is 0 Å². The molecule has 7 unspecified atom stereocenters. The molecule has 0 aromatic carbocycles. The van der Waals surface area contributed by atoms with E-state index in [4.69, 9.17) is 14.9 Å². The molecular formula is C9H15N2O15P3. The molecule has 0 saturated carbocycles. The highest BCUT2D eigenvalue weighted by atomic mass is 31.2. The van der Waals surface area contributed by atoms with Crippen molar-refractivity contribution in [3.05, 3.63) is 32.6 Å². The Morgan fingerprint density at radius 1 is 1.21 bits per heavy atom. The molecule has 1 aromatic heterocycles. The lowest BCUT2D eigenvalue weighted by atomic mass is 10.0. The van der Waals surface area contributed by atoms with Gasteiger partial charge in [0.05, 0.1) is 12.2 Å². The zero-order valence-electron chi connectivity index (χ0n) is 13.8. The van der Waals surface area contributed by atoms with Crippen LogP contribution in [0.4, 0.5) is 0 Å². The fourth-order valence-electron chi connectivity index (χ4n) is 2.15. The summed E-state index contributed by atoms with van der Waals surface area (Å²) in [7, 11) is -12.6. The minimum Gasteiger partial charge on any atom is -0.387 e. The monoisotopic (exact) mass is 484 g/mol. The molecule has 0 spiro atoms. The summed E-state index contributed by atoms with van der Waals surface area (Å²) in [5.41, 5.74) is -1.88. The summed E-state index contributed by atoms with van der Waals surface area (Å²) in [5.74, 6) is 0. The zero-order valence-corrected chi connectivity index (χ0v) is 16.7. The van der Waals surface area contributed by atoms with Gasteiger partial charge in [0.1, 0.15) is 24.4 Å². The van der Waals surface area contributed by atoms with Gasteiger partial charge in [-0.15, -0.1) is 9.35 Å². The third-order valence-electron chi connectivity index (χ3n) is 3.35. The van der Waals surface area contributed by atoms with Gasteiger partial charge >= 0.3 is 30.0 Å². The second kappa shape index (κ2) is 10.3. The number of phosphoric acid groups is 1. The predicted molar refractivity (Wildman–Crippen MR) is 88.1 cm³/mol. The molecule has 0 bridgehead atoms. The van der Waals surface area contributed by atoms with Crippen molar-refractivity contribution >= 4 is 24.3 Å². The highest BCUT2D eigenvalue weighted by Gasteiger charge is 2.44. The van der Waals surface area contributed by atoms with E-state index in [9.17, 15) is 33.5 Å². The number of aliphatic hydroxyl groups excluding tert-OH is 2. The van der Waals surface area contributed by atoms with Crippen molar-refractivity contribution in [3.8, 4) is 0 Å². The Balaban J connectivity index is 1.90. The number of H-pyrrole nitrogens is 2. The van der Waals surface area contributed by atoms with Gasteiger partial charge in [-0.3, -0.25) is 18.9 Å². The second-order valence-electron chi connectivity index (χ2n) is 5.22. The first kappa shape index (κ1) is 24.2. The van der Waals surface area contributed by atoms with Gasteiger partial charge in [-0.05, 0) is 0 Å². The van der Waals surface area contributed by atoms with Gasteiger partial charge in [-0.1, -0.05) is 0 Å². The van der Waals surface area contributed by atoms with Crippen LogP contribution < -0.4 is 11.2 Å². The molecule has 20 heteroatoms. The molecule has 29 heavy (non-hydrogen) atoms. The Morgan fingerprint density at radius 3 is 2.52 bits per heavy atom. The summed E-state index contributed by atoms with van der Waals surface area (Å²) in [6, 6.07) is 0. The molecule has 2 rings (SSSR count). The van der Waals surface area contributed by atoms with Gasteiger partial charge in [-0.25, -0.2) is 18.9 Å². The Bertz CT molecular complexity index is 915. The normalized spacial score (nSPS) is 28.7. The number of hydrogen-bond donors (Lipinski definition) is 6. The van der Waals surface area contributed by atoms with Gasteiger partial charge < -0.3 is 29.4 Å². The number of hydrogen-bond acceptors (Lipinski definition) is 14. The molecule has 0 aliphatic carbocycles. The largest absolute Gasteiger partial charge is 0.507 e. The summed E-state index contributed by atoms with van der Waals surface area (Å²) < 4.78 is 57.8. The zero-order chi connectivity index (χ0) is 21.8. The van der Waals surface area contributed by atoms with Crippen LogP contribution in [0.25, 0.3) is 0 Å². The Hall–Kier alpha value is -1.03. The first-order valence-electron chi connectivity index (χ1n) is 7.28. The van der Waals surface area contributed by atoms with E-state index in [0.29, 0.717) is 0 Å². The molecule has 1 aliphatic rings. The highest BCUT2D eigenvalue weighted by Crippen LogP contribution is 2.53. The van der Waals surface area contributed by atoms with Crippen LogP contribution in [0.15, 0.2) is 15.8 Å². The van der Waals surface area contributed by atoms with Crippen molar-refractivity contribution in [1.29, 1.82) is 0 Å². The molecule has 2 heterocycles. The molecule has 6 N–H and O–H groups in total. The predicted octanol–water partition coefficient (Wildman–Crippen LogP) is -1.42. The van der Waals surface area contributed by atoms with E-state index in [1.807, 2.05) is 4.98 Å². The number of nitrogens with one attached hydrogen (secondary N) is 2. The fraction of sp³-hybridized carbons (Fsp3) is 0.556. The topological polar surface area (TPSA) is 253 Å². The van der Waals surface area contributed by atoms with Gasteiger partial charge in [0, 0.05) is 6.20 Å². The maximum absolute atomic E-state index is 11.8. The van der Waals surface area contributed by atoms with E-state index in [2.05, 4.69) is 27.8 Å². The summed E-state index contributed by atoms with van der Waals surface area (Å²) in [4.78, 5) is 35.9. The fourth-order valence-corrected chi connectivity index (χ4v) is 4.13. The number of aromatic nitrogens is 2. The van der Waals surface area contributed by atoms with E-state index >= 15 is 0 Å². The minimum absolute atomic E-state index is 0.203. The van der Waals surface area contributed by atoms with Crippen LogP contribution in [0.1, 0.15) is 11.7 Å². The molecule has 7 atom stereocenters. The molecule has 1 aliphatic heterocycles. The van der Waals surface area contributed by atoms with Crippen molar-refractivity contribution in [3.63, 3.8) is 0 Å². The second-order valence-corrected chi connectivity index (χ2v) is 8.68. The summed E-state index contributed by atoms with van der Waals surface area (Å²) in [6.07, 6.45) is -4.93. The molecule has 0 amide bonds. The molecule has 17 nitrogen and oxygen atoms in total. The van der Waals surface area contributed by atoms with Crippen LogP contribution >= 0.6 is 24.3 Å². The van der Waals surface area contributed by atoms with Crippen molar-refractivity contribution in [2.75, 3.05) is 6.61 Å². The van der Waals surface area contributed by atoms with E-state index in [1.165, 1.54) is 0 Å². The lowest BCUT2D eigenvalue weighted by molar-refractivity contribution is -0.147. The Kier molecular flexibility index (Phi) is 8.63. The molecule has 1 fully saturated rings. The third-order valence-corrected chi connectivity index (χ3v) is 6.04. The number of aliphatic hydroxyl groups is 2. The van der Waals surface area contributed by atoms with Crippen molar-refractivity contribution in [2.24, 2.45) is 0 Å². The molecule has 166 valence electrons. The van der Waals surface area contributed by atoms with Crippen LogP contribution in [0.2, 0.25) is 0 Å². The molecule has 1 aromatic rings. The maximum Gasteiger partial charge on any atom is 0.507 e. The van der Waals surface area contributed by atoms with Crippen molar-refractivity contribution < 1.29 is 61.7 Å². The molecule has 0 radical (unpaired) electrons. The first-order chi connectivity index (χ1) is 13.5. The first-order valence-corrected chi connectivity index (χ1v) is 11.2. The van der Waals surface area contributed by atoms with Gasteiger partial charge in [0.25, 0.3) is 5.56 Å². The van der Waals surface area contributed by atoms with E-state index < -0.39 is 66.6 Å². The van der Waals surface area contributed by atoms with E-state index in [1.54, 1.807) is 0 Å². The third kappa shape index (κ3) is 6.73. The summed E-state index contributed by atoms with van der Waals surface area (Å²) in [6.45, 7) is -0.690. The van der Waals surface area contributed by atoms with Gasteiger partial charge in [0.2, 0.25) is 0 Å². The minimum atomic E-state index is -5.17. The Morgan fingerprint density at radius 2 is 1.90 bits per heavy atom. The molecule has 1 saturated heterocycles. The maximum atomic E-state index is 11.8. The Labute approximate surface area is 160 Å². The van der Waals surface area contributed by atoms with Crippen molar-refractivity contribution in [2.45, 2.75) is 24.4 Å².